The number of nitrogens with one attached hydrogen (secondary N) is 2. The highest BCUT2D eigenvalue weighted by Gasteiger charge is 2.22. The van der Waals surface area contributed by atoms with Gasteiger partial charge in [0, 0.05) is 42.3 Å². The second-order valence-corrected chi connectivity index (χ2v) is 7.62. The Kier molecular flexibility index (Phi) is 4.51. The number of imidazole rings is 1. The van der Waals surface area contributed by atoms with Crippen LogP contribution in [0, 0.1) is 0 Å². The second-order valence-electron chi connectivity index (χ2n) is 6.76. The van der Waals surface area contributed by atoms with Crippen LogP contribution in [0.3, 0.4) is 0 Å². The number of hydrogen-bond acceptors (Lipinski definition) is 5. The standard InChI is InChI=1S/C17H23N5OS/c23-16(19-13-6-7-22-11-18-9-14(22)8-13)15-10-24-17(21-15)20-12-4-2-1-3-5-12/h9-13H,1-8H2,(H,19,23)(H,20,21). The van der Waals surface area contributed by atoms with Crippen molar-refractivity contribution in [3.8, 4) is 0 Å². The molecule has 2 aromatic heterocycles. The van der Waals surface area contributed by atoms with Crippen LogP contribution < -0.4 is 10.6 Å². The number of rotatable bonds is 4. The van der Waals surface area contributed by atoms with Gasteiger partial charge < -0.3 is 15.2 Å². The first-order valence-corrected chi connectivity index (χ1v) is 9.68. The highest BCUT2D eigenvalue weighted by atomic mass is 32.1. The third-order valence-electron chi connectivity index (χ3n) is 4.98. The van der Waals surface area contributed by atoms with E-state index in [1.807, 2.05) is 17.9 Å². The number of hydrogen-bond donors (Lipinski definition) is 2. The minimum Gasteiger partial charge on any atom is -0.359 e. The summed E-state index contributed by atoms with van der Waals surface area (Å²) in [5, 5.41) is 9.33. The van der Waals surface area contributed by atoms with Gasteiger partial charge in [0.15, 0.2) is 5.13 Å². The largest absolute Gasteiger partial charge is 0.359 e. The molecule has 2 aromatic rings. The van der Waals surface area contributed by atoms with E-state index in [0.29, 0.717) is 11.7 Å². The number of aromatic nitrogens is 3. The number of carbonyl (C=O) groups excluding carboxylic acids is 1. The Morgan fingerprint density at radius 1 is 1.21 bits per heavy atom. The number of aryl methyl sites for hydroxylation is 1. The van der Waals surface area contributed by atoms with Gasteiger partial charge in [-0.15, -0.1) is 11.3 Å². The quantitative estimate of drug-likeness (QED) is 0.894. The molecule has 3 heterocycles. The molecule has 0 bridgehead atoms. The minimum atomic E-state index is -0.0686. The molecule has 2 aliphatic rings. The Morgan fingerprint density at radius 3 is 2.96 bits per heavy atom. The highest BCUT2D eigenvalue weighted by Crippen LogP contribution is 2.24. The summed E-state index contributed by atoms with van der Waals surface area (Å²) in [6, 6.07) is 0.678. The summed E-state index contributed by atoms with van der Waals surface area (Å²) < 4.78 is 2.15. The lowest BCUT2D eigenvalue weighted by Gasteiger charge is -2.24. The molecule has 6 nitrogen and oxygen atoms in total. The number of fused-ring (bicyclic) bond motifs is 1. The van der Waals surface area contributed by atoms with E-state index >= 15 is 0 Å². The minimum absolute atomic E-state index is 0.0686. The lowest BCUT2D eigenvalue weighted by molar-refractivity contribution is 0.0926. The first kappa shape index (κ1) is 15.6. The first-order valence-electron chi connectivity index (χ1n) is 8.80. The second kappa shape index (κ2) is 6.93. The van der Waals surface area contributed by atoms with E-state index < -0.39 is 0 Å². The third-order valence-corrected chi connectivity index (χ3v) is 5.75. The number of carbonyl (C=O) groups is 1. The van der Waals surface area contributed by atoms with Crippen molar-refractivity contribution in [2.75, 3.05) is 5.32 Å². The van der Waals surface area contributed by atoms with Crippen molar-refractivity contribution in [3.05, 3.63) is 29.3 Å². The van der Waals surface area contributed by atoms with Gasteiger partial charge in [0.05, 0.1) is 6.33 Å². The monoisotopic (exact) mass is 345 g/mol. The molecule has 2 N–H and O–H groups in total. The van der Waals surface area contributed by atoms with E-state index in [0.717, 1.165) is 24.5 Å². The van der Waals surface area contributed by atoms with Crippen molar-refractivity contribution in [1.82, 2.24) is 19.9 Å². The van der Waals surface area contributed by atoms with Gasteiger partial charge in [-0.2, -0.15) is 0 Å². The first-order chi connectivity index (χ1) is 11.8. The van der Waals surface area contributed by atoms with Gasteiger partial charge in [0.2, 0.25) is 0 Å². The summed E-state index contributed by atoms with van der Waals surface area (Å²) in [5.74, 6) is -0.0686. The molecule has 0 saturated heterocycles. The summed E-state index contributed by atoms with van der Waals surface area (Å²) in [7, 11) is 0. The van der Waals surface area contributed by atoms with Crippen molar-refractivity contribution in [1.29, 1.82) is 0 Å². The van der Waals surface area contributed by atoms with Crippen LogP contribution >= 0.6 is 11.3 Å². The van der Waals surface area contributed by atoms with Crippen LogP contribution in [-0.2, 0) is 13.0 Å². The third kappa shape index (κ3) is 3.45. The predicted molar refractivity (Wildman–Crippen MR) is 94.4 cm³/mol. The molecule has 0 spiro atoms. The molecule has 0 aromatic carbocycles. The fraction of sp³-hybridized carbons (Fsp3) is 0.588. The van der Waals surface area contributed by atoms with Crippen LogP contribution in [0.25, 0.3) is 0 Å². The van der Waals surface area contributed by atoms with E-state index in [1.165, 1.54) is 49.1 Å². The molecule has 1 aliphatic heterocycles. The summed E-state index contributed by atoms with van der Waals surface area (Å²) in [6.45, 7) is 0.909. The summed E-state index contributed by atoms with van der Waals surface area (Å²) >= 11 is 1.53. The molecule has 24 heavy (non-hydrogen) atoms. The SMILES string of the molecule is O=C(NC1CCn2cncc2C1)c1csc(NC2CCCCC2)n1. The molecule has 1 fully saturated rings. The fourth-order valence-electron chi connectivity index (χ4n) is 3.62. The molecule has 128 valence electrons. The number of nitrogens with zero attached hydrogens (tertiary/aromatic N) is 3. The van der Waals surface area contributed by atoms with Gasteiger partial charge in [-0.05, 0) is 19.3 Å². The Hall–Kier alpha value is -1.89. The van der Waals surface area contributed by atoms with Crippen LogP contribution in [0.4, 0.5) is 5.13 Å². The summed E-state index contributed by atoms with van der Waals surface area (Å²) in [5.41, 5.74) is 1.71. The van der Waals surface area contributed by atoms with Gasteiger partial charge >= 0.3 is 0 Å². The van der Waals surface area contributed by atoms with E-state index in [4.69, 9.17) is 0 Å². The summed E-state index contributed by atoms with van der Waals surface area (Å²) in [6.07, 6.45) is 11.8. The maximum Gasteiger partial charge on any atom is 0.271 e. The van der Waals surface area contributed by atoms with Crippen LogP contribution in [0.2, 0.25) is 0 Å². The lowest BCUT2D eigenvalue weighted by Crippen LogP contribution is -2.40. The van der Waals surface area contributed by atoms with Gasteiger partial charge in [0.25, 0.3) is 5.91 Å². The topological polar surface area (TPSA) is 71.8 Å². The van der Waals surface area contributed by atoms with Crippen molar-refractivity contribution in [2.24, 2.45) is 0 Å². The molecule has 0 radical (unpaired) electrons. The molecular weight excluding hydrogens is 322 g/mol. The maximum absolute atomic E-state index is 12.5. The van der Waals surface area contributed by atoms with E-state index in [2.05, 4.69) is 25.2 Å². The van der Waals surface area contributed by atoms with Gasteiger partial charge in [0.1, 0.15) is 5.69 Å². The molecular formula is C17H23N5OS. The predicted octanol–water partition coefficient (Wildman–Crippen LogP) is 2.83. The Bertz CT molecular complexity index is 703. The van der Waals surface area contributed by atoms with E-state index in [1.54, 1.807) is 0 Å². The zero-order valence-corrected chi connectivity index (χ0v) is 14.5. The average Bonchev–Trinajstić information content (AvgIpc) is 3.24. The van der Waals surface area contributed by atoms with Crippen molar-refractivity contribution < 1.29 is 4.79 Å². The van der Waals surface area contributed by atoms with Gasteiger partial charge in [-0.25, -0.2) is 9.97 Å². The Balaban J connectivity index is 1.33. The van der Waals surface area contributed by atoms with E-state index in [-0.39, 0.29) is 11.9 Å². The van der Waals surface area contributed by atoms with Crippen molar-refractivity contribution in [2.45, 2.75) is 63.6 Å². The zero-order valence-electron chi connectivity index (χ0n) is 13.7. The summed E-state index contributed by atoms with van der Waals surface area (Å²) in [4.78, 5) is 21.1. The average molecular weight is 345 g/mol. The molecule has 1 atom stereocenters. The maximum atomic E-state index is 12.5. The molecule has 1 aliphatic carbocycles. The fourth-order valence-corrected chi connectivity index (χ4v) is 4.39. The Labute approximate surface area is 145 Å². The smallest absolute Gasteiger partial charge is 0.271 e. The van der Waals surface area contributed by atoms with Gasteiger partial charge in [-0.1, -0.05) is 19.3 Å². The van der Waals surface area contributed by atoms with Crippen LogP contribution in [-0.4, -0.2) is 32.5 Å². The van der Waals surface area contributed by atoms with Crippen LogP contribution in [0.1, 0.15) is 54.7 Å². The van der Waals surface area contributed by atoms with Crippen molar-refractivity contribution in [3.63, 3.8) is 0 Å². The van der Waals surface area contributed by atoms with Gasteiger partial charge in [-0.3, -0.25) is 4.79 Å². The highest BCUT2D eigenvalue weighted by molar-refractivity contribution is 7.13. The van der Waals surface area contributed by atoms with Crippen LogP contribution in [0.15, 0.2) is 17.9 Å². The number of amides is 1. The molecule has 1 amide bonds. The molecule has 1 unspecified atom stereocenters. The zero-order chi connectivity index (χ0) is 16.4. The Morgan fingerprint density at radius 2 is 2.08 bits per heavy atom. The number of anilines is 1. The number of thiazole rings is 1. The normalized spacial score (nSPS) is 21.2. The van der Waals surface area contributed by atoms with E-state index in [9.17, 15) is 4.79 Å². The lowest BCUT2D eigenvalue weighted by atomic mass is 9.96. The molecule has 7 heteroatoms. The van der Waals surface area contributed by atoms with Crippen LogP contribution in [0.5, 0.6) is 0 Å². The molecule has 1 saturated carbocycles. The molecule has 4 rings (SSSR count). The van der Waals surface area contributed by atoms with Crippen molar-refractivity contribution >= 4 is 22.4 Å².